The molecule has 0 spiro atoms. The lowest BCUT2D eigenvalue weighted by Crippen LogP contribution is -2.50. The van der Waals surface area contributed by atoms with E-state index in [1.807, 2.05) is 30.0 Å². The predicted octanol–water partition coefficient (Wildman–Crippen LogP) is 1.21. The van der Waals surface area contributed by atoms with Crippen molar-refractivity contribution in [3.8, 4) is 5.75 Å². The van der Waals surface area contributed by atoms with Crippen molar-refractivity contribution in [2.24, 2.45) is 5.92 Å². The van der Waals surface area contributed by atoms with Crippen LogP contribution in [0.25, 0.3) is 0 Å². The van der Waals surface area contributed by atoms with E-state index < -0.39 is 0 Å². The molecule has 6 heteroatoms. The fourth-order valence-electron chi connectivity index (χ4n) is 3.70. The summed E-state index contributed by atoms with van der Waals surface area (Å²) >= 11 is 0. The summed E-state index contributed by atoms with van der Waals surface area (Å²) in [6, 6.07) is 8.06. The number of nitrogens with zero attached hydrogens (tertiary/aromatic N) is 3. The van der Waals surface area contributed by atoms with Crippen molar-refractivity contribution in [2.45, 2.75) is 19.9 Å². The van der Waals surface area contributed by atoms with Gasteiger partial charge in [0.05, 0.1) is 13.0 Å². The maximum Gasteiger partial charge on any atom is 0.228 e. The first-order chi connectivity index (χ1) is 12.1. The van der Waals surface area contributed by atoms with Gasteiger partial charge < -0.3 is 14.5 Å². The van der Waals surface area contributed by atoms with Crippen LogP contribution in [-0.4, -0.2) is 72.9 Å². The summed E-state index contributed by atoms with van der Waals surface area (Å²) in [5.74, 6) is 0.996. The van der Waals surface area contributed by atoms with E-state index in [1.165, 1.54) is 5.56 Å². The fourth-order valence-corrected chi connectivity index (χ4v) is 3.70. The molecule has 1 unspecified atom stereocenters. The predicted molar refractivity (Wildman–Crippen MR) is 95.2 cm³/mol. The standard InChI is InChI=1S/C19H27N3O3/c1-3-21-14-16(12-18(21)23)19(24)22-10-8-20(9-11-22)13-15-6-4-5-7-17(15)25-2/h4-7,16H,3,8-14H2,1-2H3. The maximum atomic E-state index is 12.7. The molecule has 2 aliphatic heterocycles. The topological polar surface area (TPSA) is 53.1 Å². The Morgan fingerprint density at radius 3 is 2.56 bits per heavy atom. The molecule has 1 atom stereocenters. The van der Waals surface area contributed by atoms with Crippen LogP contribution in [0.1, 0.15) is 18.9 Å². The normalized spacial score (nSPS) is 21.7. The van der Waals surface area contributed by atoms with Gasteiger partial charge in [-0.05, 0) is 13.0 Å². The van der Waals surface area contributed by atoms with Crippen LogP contribution >= 0.6 is 0 Å². The molecule has 1 aromatic carbocycles. The van der Waals surface area contributed by atoms with Crippen LogP contribution in [0.15, 0.2) is 24.3 Å². The maximum absolute atomic E-state index is 12.7. The lowest BCUT2D eigenvalue weighted by molar-refractivity contribution is -0.137. The highest BCUT2D eigenvalue weighted by atomic mass is 16.5. The van der Waals surface area contributed by atoms with Crippen molar-refractivity contribution in [2.75, 3.05) is 46.4 Å². The van der Waals surface area contributed by atoms with Crippen LogP contribution in [0.5, 0.6) is 5.75 Å². The molecule has 0 N–H and O–H groups in total. The van der Waals surface area contributed by atoms with Gasteiger partial charge in [0.25, 0.3) is 0 Å². The minimum absolute atomic E-state index is 0.107. The van der Waals surface area contributed by atoms with Gasteiger partial charge in [0.2, 0.25) is 11.8 Å². The summed E-state index contributed by atoms with van der Waals surface area (Å²) in [6.45, 7) is 7.21. The van der Waals surface area contributed by atoms with Crippen molar-refractivity contribution >= 4 is 11.8 Å². The van der Waals surface area contributed by atoms with Gasteiger partial charge in [-0.25, -0.2) is 0 Å². The van der Waals surface area contributed by atoms with Crippen LogP contribution in [0.4, 0.5) is 0 Å². The molecule has 25 heavy (non-hydrogen) atoms. The lowest BCUT2D eigenvalue weighted by atomic mass is 10.1. The van der Waals surface area contributed by atoms with Crippen molar-refractivity contribution in [1.82, 2.24) is 14.7 Å². The molecule has 0 radical (unpaired) electrons. The quantitative estimate of drug-likeness (QED) is 0.805. The molecule has 2 saturated heterocycles. The number of carbonyl (C=O) groups is 2. The summed E-state index contributed by atoms with van der Waals surface area (Å²) in [4.78, 5) is 30.6. The van der Waals surface area contributed by atoms with Gasteiger partial charge in [0, 0.05) is 57.8 Å². The molecule has 2 fully saturated rings. The van der Waals surface area contributed by atoms with Gasteiger partial charge in [-0.3, -0.25) is 14.5 Å². The number of carbonyl (C=O) groups excluding carboxylic acids is 2. The van der Waals surface area contributed by atoms with Crippen molar-refractivity contribution < 1.29 is 14.3 Å². The van der Waals surface area contributed by atoms with Crippen LogP contribution in [0, 0.1) is 5.92 Å². The average Bonchev–Trinajstić information content (AvgIpc) is 3.03. The number of ether oxygens (including phenoxy) is 1. The number of piperazine rings is 1. The van der Waals surface area contributed by atoms with Crippen LogP contribution in [0.2, 0.25) is 0 Å². The van der Waals surface area contributed by atoms with E-state index in [0.29, 0.717) is 19.5 Å². The molecule has 6 nitrogen and oxygen atoms in total. The third kappa shape index (κ3) is 3.95. The Balaban J connectivity index is 1.52. The van der Waals surface area contributed by atoms with Gasteiger partial charge in [0.15, 0.2) is 0 Å². The number of methoxy groups -OCH3 is 1. The minimum atomic E-state index is -0.159. The Kier molecular flexibility index (Phi) is 5.58. The molecule has 0 bridgehead atoms. The largest absolute Gasteiger partial charge is 0.496 e. The van der Waals surface area contributed by atoms with Crippen LogP contribution in [0.3, 0.4) is 0 Å². The molecule has 2 aliphatic rings. The number of hydrogen-bond acceptors (Lipinski definition) is 4. The molecule has 2 heterocycles. The number of amides is 2. The van der Waals surface area contributed by atoms with Gasteiger partial charge in [-0.1, -0.05) is 18.2 Å². The zero-order chi connectivity index (χ0) is 17.8. The summed E-state index contributed by atoms with van der Waals surface area (Å²) in [7, 11) is 1.69. The molecular formula is C19H27N3O3. The molecule has 3 rings (SSSR count). The first-order valence-electron chi connectivity index (χ1n) is 9.03. The molecule has 0 aliphatic carbocycles. The van der Waals surface area contributed by atoms with E-state index in [4.69, 9.17) is 4.74 Å². The van der Waals surface area contributed by atoms with Crippen LogP contribution < -0.4 is 4.74 Å². The Morgan fingerprint density at radius 2 is 1.92 bits per heavy atom. The van der Waals surface area contributed by atoms with Gasteiger partial charge in [-0.15, -0.1) is 0 Å². The smallest absolute Gasteiger partial charge is 0.228 e. The number of hydrogen-bond donors (Lipinski definition) is 0. The summed E-state index contributed by atoms with van der Waals surface area (Å²) in [5, 5.41) is 0. The number of rotatable bonds is 5. The van der Waals surface area contributed by atoms with Crippen molar-refractivity contribution in [1.29, 1.82) is 0 Å². The molecule has 2 amide bonds. The highest BCUT2D eigenvalue weighted by Gasteiger charge is 2.36. The first kappa shape index (κ1) is 17.7. The molecular weight excluding hydrogens is 318 g/mol. The molecule has 1 aromatic rings. The monoisotopic (exact) mass is 345 g/mol. The van der Waals surface area contributed by atoms with Gasteiger partial charge >= 0.3 is 0 Å². The number of likely N-dealkylation sites (tertiary alicyclic amines) is 1. The molecule has 136 valence electrons. The Bertz CT molecular complexity index is 626. The molecule has 0 saturated carbocycles. The molecule has 0 aromatic heterocycles. The first-order valence-corrected chi connectivity index (χ1v) is 9.03. The van der Waals surface area contributed by atoms with E-state index in [1.54, 1.807) is 12.0 Å². The number of para-hydroxylation sites is 1. The highest BCUT2D eigenvalue weighted by molar-refractivity contribution is 5.89. The average molecular weight is 345 g/mol. The van der Waals surface area contributed by atoms with E-state index in [0.717, 1.165) is 38.5 Å². The third-order valence-corrected chi connectivity index (χ3v) is 5.22. The second kappa shape index (κ2) is 7.87. The fraction of sp³-hybridized carbons (Fsp3) is 0.579. The van der Waals surface area contributed by atoms with E-state index in [-0.39, 0.29) is 17.7 Å². The van der Waals surface area contributed by atoms with E-state index >= 15 is 0 Å². The summed E-state index contributed by atoms with van der Waals surface area (Å²) < 4.78 is 5.42. The highest BCUT2D eigenvalue weighted by Crippen LogP contribution is 2.22. The van der Waals surface area contributed by atoms with Gasteiger partial charge in [-0.2, -0.15) is 0 Å². The Labute approximate surface area is 149 Å². The van der Waals surface area contributed by atoms with E-state index in [2.05, 4.69) is 11.0 Å². The Hall–Kier alpha value is -2.08. The Morgan fingerprint density at radius 1 is 1.20 bits per heavy atom. The third-order valence-electron chi connectivity index (χ3n) is 5.22. The van der Waals surface area contributed by atoms with E-state index in [9.17, 15) is 9.59 Å². The zero-order valence-electron chi connectivity index (χ0n) is 15.1. The summed E-state index contributed by atoms with van der Waals surface area (Å²) in [5.41, 5.74) is 1.17. The van der Waals surface area contributed by atoms with Crippen LogP contribution in [-0.2, 0) is 16.1 Å². The second-order valence-corrected chi connectivity index (χ2v) is 6.75. The number of benzene rings is 1. The van der Waals surface area contributed by atoms with Crippen molar-refractivity contribution in [3.63, 3.8) is 0 Å². The zero-order valence-corrected chi connectivity index (χ0v) is 15.1. The summed E-state index contributed by atoms with van der Waals surface area (Å²) in [6.07, 6.45) is 0.369. The minimum Gasteiger partial charge on any atom is -0.496 e. The lowest BCUT2D eigenvalue weighted by Gasteiger charge is -2.36. The van der Waals surface area contributed by atoms with Crippen molar-refractivity contribution in [3.05, 3.63) is 29.8 Å². The van der Waals surface area contributed by atoms with Gasteiger partial charge in [0.1, 0.15) is 5.75 Å². The SMILES string of the molecule is CCN1CC(C(=O)N2CCN(Cc3ccccc3OC)CC2)CC1=O. The second-order valence-electron chi connectivity index (χ2n) is 6.75.